The van der Waals surface area contributed by atoms with Crippen molar-refractivity contribution in [2.75, 3.05) is 5.88 Å². The Balaban J connectivity index is 2.17. The molecular formula is C11H12ClNO. The number of rotatable bonds is 2. The van der Waals surface area contributed by atoms with Crippen molar-refractivity contribution in [3.05, 3.63) is 35.9 Å². The molecular weight excluding hydrogens is 198 g/mol. The van der Waals surface area contributed by atoms with E-state index in [1.165, 1.54) is 0 Å². The molecule has 0 saturated heterocycles. The lowest BCUT2D eigenvalue weighted by Crippen LogP contribution is -2.26. The van der Waals surface area contributed by atoms with E-state index in [0.29, 0.717) is 5.88 Å². The lowest BCUT2D eigenvalue weighted by molar-refractivity contribution is 0.0152. The Morgan fingerprint density at radius 1 is 1.43 bits per heavy atom. The van der Waals surface area contributed by atoms with Crippen LogP contribution in [-0.4, -0.2) is 17.2 Å². The van der Waals surface area contributed by atoms with Gasteiger partial charge in [0.15, 0.2) is 5.60 Å². The molecule has 0 spiro atoms. The third-order valence-electron chi connectivity index (χ3n) is 2.31. The Hall–Kier alpha value is -1.02. The summed E-state index contributed by atoms with van der Waals surface area (Å²) in [4.78, 5) is 5.31. The van der Waals surface area contributed by atoms with Crippen molar-refractivity contribution in [2.45, 2.75) is 18.9 Å². The number of halogens is 1. The minimum Gasteiger partial charge on any atom is -0.388 e. The Labute approximate surface area is 88.5 Å². The lowest BCUT2D eigenvalue weighted by atomic mass is 9.98. The van der Waals surface area contributed by atoms with Gasteiger partial charge in [-0.25, -0.2) is 0 Å². The van der Waals surface area contributed by atoms with E-state index in [-0.39, 0.29) is 5.60 Å². The Bertz CT molecular complexity index is 350. The topological polar surface area (TPSA) is 21.6 Å². The summed E-state index contributed by atoms with van der Waals surface area (Å²) in [7, 11) is 0. The van der Waals surface area contributed by atoms with Crippen LogP contribution < -0.4 is 0 Å². The van der Waals surface area contributed by atoms with Crippen LogP contribution in [0.25, 0.3) is 0 Å². The summed E-state index contributed by atoms with van der Waals surface area (Å²) in [6, 6.07) is 10.0. The van der Waals surface area contributed by atoms with Gasteiger partial charge in [0.25, 0.3) is 0 Å². The first-order valence-corrected chi connectivity index (χ1v) is 5.13. The zero-order valence-electron chi connectivity index (χ0n) is 8.03. The highest BCUT2D eigenvalue weighted by Crippen LogP contribution is 2.27. The maximum absolute atomic E-state index is 5.80. The minimum absolute atomic E-state index is 0.327. The van der Waals surface area contributed by atoms with E-state index in [4.69, 9.17) is 16.4 Å². The molecule has 0 fully saturated rings. The van der Waals surface area contributed by atoms with Crippen molar-refractivity contribution in [2.24, 2.45) is 5.16 Å². The molecule has 0 N–H and O–H groups in total. The highest BCUT2D eigenvalue weighted by Gasteiger charge is 2.33. The van der Waals surface area contributed by atoms with Crippen LogP contribution in [0.3, 0.4) is 0 Å². The van der Waals surface area contributed by atoms with Crippen molar-refractivity contribution in [1.29, 1.82) is 0 Å². The van der Waals surface area contributed by atoms with Crippen LogP contribution in [-0.2, 0) is 4.84 Å². The zero-order chi connectivity index (χ0) is 10.0. The average molecular weight is 210 g/mol. The van der Waals surface area contributed by atoms with E-state index in [0.717, 1.165) is 17.7 Å². The van der Waals surface area contributed by atoms with Gasteiger partial charge in [-0.15, -0.1) is 11.6 Å². The molecule has 0 radical (unpaired) electrons. The largest absolute Gasteiger partial charge is 0.388 e. The van der Waals surface area contributed by atoms with Crippen LogP contribution in [0.5, 0.6) is 0 Å². The van der Waals surface area contributed by atoms with Gasteiger partial charge in [-0.1, -0.05) is 35.5 Å². The fraction of sp³-hybridized carbons (Fsp3) is 0.364. The molecule has 1 aromatic rings. The first kappa shape index (κ1) is 9.53. The molecule has 2 nitrogen and oxygen atoms in total. The van der Waals surface area contributed by atoms with Crippen molar-refractivity contribution >= 4 is 17.3 Å². The summed E-state index contributed by atoms with van der Waals surface area (Å²) in [6.45, 7) is 1.97. The lowest BCUT2D eigenvalue weighted by Gasteiger charge is -2.16. The predicted octanol–water partition coefficient (Wildman–Crippen LogP) is 2.81. The fourth-order valence-electron chi connectivity index (χ4n) is 1.44. The van der Waals surface area contributed by atoms with Gasteiger partial charge < -0.3 is 4.84 Å². The number of oxime groups is 1. The van der Waals surface area contributed by atoms with E-state index < -0.39 is 0 Å². The molecule has 0 saturated carbocycles. The van der Waals surface area contributed by atoms with Crippen LogP contribution in [0.1, 0.15) is 18.9 Å². The highest BCUT2D eigenvalue weighted by molar-refractivity contribution is 6.19. The maximum atomic E-state index is 5.80. The molecule has 1 unspecified atom stereocenters. The summed E-state index contributed by atoms with van der Waals surface area (Å²) < 4.78 is 0. The van der Waals surface area contributed by atoms with Gasteiger partial charge in [-0.3, -0.25) is 0 Å². The third-order valence-corrected chi connectivity index (χ3v) is 2.87. The first-order valence-electron chi connectivity index (χ1n) is 4.60. The first-order chi connectivity index (χ1) is 6.73. The summed E-state index contributed by atoms with van der Waals surface area (Å²) >= 11 is 5.80. The molecule has 0 amide bonds. The second kappa shape index (κ2) is 3.62. The smallest absolute Gasteiger partial charge is 0.154 e. The van der Waals surface area contributed by atoms with Crippen molar-refractivity contribution in [3.63, 3.8) is 0 Å². The Morgan fingerprint density at radius 2 is 2.14 bits per heavy atom. The molecule has 2 rings (SSSR count). The van der Waals surface area contributed by atoms with E-state index in [1.54, 1.807) is 0 Å². The van der Waals surface area contributed by atoms with Crippen LogP contribution in [0.2, 0.25) is 0 Å². The Kier molecular flexibility index (Phi) is 2.46. The van der Waals surface area contributed by atoms with Gasteiger partial charge in [0.2, 0.25) is 0 Å². The highest BCUT2D eigenvalue weighted by atomic mass is 35.5. The summed E-state index contributed by atoms with van der Waals surface area (Å²) in [5.41, 5.74) is 1.77. The predicted molar refractivity (Wildman–Crippen MR) is 57.8 cm³/mol. The molecule has 1 aromatic carbocycles. The number of hydrogen-bond donors (Lipinski definition) is 0. The van der Waals surface area contributed by atoms with E-state index >= 15 is 0 Å². The van der Waals surface area contributed by atoms with Crippen molar-refractivity contribution in [3.8, 4) is 0 Å². The second-order valence-electron chi connectivity index (χ2n) is 3.76. The standard InChI is InChI=1S/C11H12ClNO/c1-11(8-12)7-10(13-14-11)9-5-3-2-4-6-9/h2-6H,7-8H2,1H3. The van der Waals surface area contributed by atoms with Crippen molar-refractivity contribution in [1.82, 2.24) is 0 Å². The second-order valence-corrected chi connectivity index (χ2v) is 4.02. The molecule has 74 valence electrons. The molecule has 0 aromatic heterocycles. The molecule has 1 aliphatic rings. The molecule has 1 heterocycles. The van der Waals surface area contributed by atoms with E-state index in [2.05, 4.69) is 5.16 Å². The zero-order valence-corrected chi connectivity index (χ0v) is 8.79. The maximum Gasteiger partial charge on any atom is 0.154 e. The monoisotopic (exact) mass is 209 g/mol. The summed E-state index contributed by atoms with van der Waals surface area (Å²) in [5, 5.41) is 4.06. The van der Waals surface area contributed by atoms with Crippen LogP contribution in [0.4, 0.5) is 0 Å². The normalized spacial score (nSPS) is 25.7. The van der Waals surface area contributed by atoms with E-state index in [1.807, 2.05) is 37.3 Å². The van der Waals surface area contributed by atoms with E-state index in [9.17, 15) is 0 Å². The molecule has 0 aliphatic carbocycles. The molecule has 3 heteroatoms. The van der Waals surface area contributed by atoms with Crippen LogP contribution >= 0.6 is 11.6 Å². The quantitative estimate of drug-likeness (QED) is 0.687. The van der Waals surface area contributed by atoms with Gasteiger partial charge >= 0.3 is 0 Å². The van der Waals surface area contributed by atoms with Crippen LogP contribution in [0.15, 0.2) is 35.5 Å². The van der Waals surface area contributed by atoms with Gasteiger partial charge in [0, 0.05) is 6.42 Å². The SMILES string of the molecule is CC1(CCl)CC(c2ccccc2)=NO1. The van der Waals surface area contributed by atoms with Gasteiger partial charge in [-0.2, -0.15) is 0 Å². The third kappa shape index (κ3) is 1.75. The molecule has 1 atom stereocenters. The Morgan fingerprint density at radius 3 is 2.71 bits per heavy atom. The number of hydrogen-bond acceptors (Lipinski definition) is 2. The molecule has 1 aliphatic heterocycles. The number of benzene rings is 1. The number of nitrogens with zero attached hydrogens (tertiary/aromatic N) is 1. The fourth-order valence-corrected chi connectivity index (χ4v) is 1.58. The summed E-state index contributed by atoms with van der Waals surface area (Å²) in [5.74, 6) is 0.465. The van der Waals surface area contributed by atoms with Gasteiger partial charge in [0.05, 0.1) is 11.6 Å². The molecule has 14 heavy (non-hydrogen) atoms. The van der Waals surface area contributed by atoms with Crippen LogP contribution in [0, 0.1) is 0 Å². The van der Waals surface area contributed by atoms with Gasteiger partial charge in [0.1, 0.15) is 0 Å². The number of alkyl halides is 1. The van der Waals surface area contributed by atoms with Gasteiger partial charge in [-0.05, 0) is 12.5 Å². The molecule has 0 bridgehead atoms. The van der Waals surface area contributed by atoms with Crippen molar-refractivity contribution < 1.29 is 4.84 Å². The average Bonchev–Trinajstić information content (AvgIpc) is 2.63. The minimum atomic E-state index is -0.327. The summed E-state index contributed by atoms with van der Waals surface area (Å²) in [6.07, 6.45) is 0.778.